The fourth-order valence-corrected chi connectivity index (χ4v) is 2.17. The number of amides is 1. The molecule has 0 unspecified atom stereocenters. The summed E-state index contributed by atoms with van der Waals surface area (Å²) in [5.74, 6) is -0.573. The van der Waals surface area contributed by atoms with Gasteiger partial charge < -0.3 is 20.5 Å². The first-order chi connectivity index (χ1) is 11.0. The Morgan fingerprint density at radius 2 is 1.87 bits per heavy atom. The number of benzene rings is 2. The molecule has 2 rings (SSSR count). The van der Waals surface area contributed by atoms with Gasteiger partial charge in [-0.05, 0) is 65.1 Å². The summed E-state index contributed by atoms with van der Waals surface area (Å²) in [5.41, 5.74) is 6.95. The number of ether oxygens (including phenoxy) is 2. The predicted octanol–water partition coefficient (Wildman–Crippen LogP) is 2.68. The normalized spacial score (nSPS) is 10.0. The van der Waals surface area contributed by atoms with Crippen LogP contribution >= 0.6 is 22.6 Å². The summed E-state index contributed by atoms with van der Waals surface area (Å²) in [6, 6.07) is 11.8. The highest BCUT2D eigenvalue weighted by molar-refractivity contribution is 14.1. The van der Waals surface area contributed by atoms with Crippen LogP contribution in [0.25, 0.3) is 0 Å². The SMILES string of the molecule is COc1ccc(C(=O)OCC(=O)Nc2ccc(I)cc2)cc1N. The molecule has 0 spiro atoms. The van der Waals surface area contributed by atoms with Crippen LogP contribution in [-0.2, 0) is 9.53 Å². The van der Waals surface area contributed by atoms with Gasteiger partial charge >= 0.3 is 5.97 Å². The van der Waals surface area contributed by atoms with Crippen molar-refractivity contribution >= 4 is 45.8 Å². The van der Waals surface area contributed by atoms with E-state index in [1.165, 1.54) is 19.2 Å². The van der Waals surface area contributed by atoms with Gasteiger partial charge in [-0.25, -0.2) is 4.79 Å². The third-order valence-electron chi connectivity index (χ3n) is 2.93. The van der Waals surface area contributed by atoms with Crippen molar-refractivity contribution in [2.75, 3.05) is 24.8 Å². The van der Waals surface area contributed by atoms with E-state index in [1.54, 1.807) is 18.2 Å². The van der Waals surface area contributed by atoms with E-state index in [9.17, 15) is 9.59 Å². The molecule has 0 saturated carbocycles. The summed E-state index contributed by atoms with van der Waals surface area (Å²) >= 11 is 2.17. The van der Waals surface area contributed by atoms with Gasteiger partial charge in [-0.15, -0.1) is 0 Å². The Morgan fingerprint density at radius 1 is 1.17 bits per heavy atom. The van der Waals surface area contributed by atoms with Crippen molar-refractivity contribution in [1.29, 1.82) is 0 Å². The Kier molecular flexibility index (Phi) is 5.80. The van der Waals surface area contributed by atoms with Crippen LogP contribution in [0.5, 0.6) is 5.75 Å². The number of nitrogens with one attached hydrogen (secondary N) is 1. The molecule has 0 atom stereocenters. The number of nitrogens with two attached hydrogens (primary N) is 1. The number of anilines is 2. The maximum Gasteiger partial charge on any atom is 0.338 e. The van der Waals surface area contributed by atoms with Crippen LogP contribution in [0, 0.1) is 3.57 Å². The van der Waals surface area contributed by atoms with E-state index in [-0.39, 0.29) is 12.2 Å². The maximum atomic E-state index is 11.9. The number of carbonyl (C=O) groups excluding carboxylic acids is 2. The standard InChI is InChI=1S/C16H15IN2O4/c1-22-14-7-2-10(8-13(14)18)16(21)23-9-15(20)19-12-5-3-11(17)4-6-12/h2-8H,9,18H2,1H3,(H,19,20). The third-order valence-corrected chi connectivity index (χ3v) is 3.65. The van der Waals surface area contributed by atoms with Gasteiger partial charge in [-0.1, -0.05) is 0 Å². The van der Waals surface area contributed by atoms with Crippen LogP contribution in [0.2, 0.25) is 0 Å². The van der Waals surface area contributed by atoms with E-state index in [0.29, 0.717) is 17.1 Å². The van der Waals surface area contributed by atoms with Gasteiger partial charge in [0.1, 0.15) is 5.75 Å². The molecule has 0 radical (unpaired) electrons. The summed E-state index contributed by atoms with van der Waals surface area (Å²) in [6.07, 6.45) is 0. The Labute approximate surface area is 147 Å². The van der Waals surface area contributed by atoms with Crippen LogP contribution in [-0.4, -0.2) is 25.6 Å². The van der Waals surface area contributed by atoms with Crippen LogP contribution < -0.4 is 15.8 Å². The Morgan fingerprint density at radius 3 is 2.48 bits per heavy atom. The highest BCUT2D eigenvalue weighted by Crippen LogP contribution is 2.22. The van der Waals surface area contributed by atoms with Gasteiger partial charge in [0.25, 0.3) is 5.91 Å². The molecule has 3 N–H and O–H groups in total. The zero-order valence-corrected chi connectivity index (χ0v) is 14.5. The molecule has 0 aliphatic rings. The second-order valence-electron chi connectivity index (χ2n) is 4.59. The summed E-state index contributed by atoms with van der Waals surface area (Å²) < 4.78 is 11.0. The van der Waals surface area contributed by atoms with E-state index >= 15 is 0 Å². The first-order valence-corrected chi connectivity index (χ1v) is 7.73. The first-order valence-electron chi connectivity index (χ1n) is 6.65. The van der Waals surface area contributed by atoms with E-state index in [1.807, 2.05) is 12.1 Å². The lowest BCUT2D eigenvalue weighted by molar-refractivity contribution is -0.119. The fraction of sp³-hybridized carbons (Fsp3) is 0.125. The van der Waals surface area contributed by atoms with Gasteiger partial charge in [0.2, 0.25) is 0 Å². The van der Waals surface area contributed by atoms with Crippen molar-refractivity contribution in [3.8, 4) is 5.75 Å². The highest BCUT2D eigenvalue weighted by Gasteiger charge is 2.12. The molecule has 2 aromatic rings. The van der Waals surface area contributed by atoms with Crippen molar-refractivity contribution in [3.05, 3.63) is 51.6 Å². The largest absolute Gasteiger partial charge is 0.495 e. The molecule has 6 nitrogen and oxygen atoms in total. The van der Waals surface area contributed by atoms with Crippen molar-refractivity contribution in [2.24, 2.45) is 0 Å². The van der Waals surface area contributed by atoms with Gasteiger partial charge in [0.05, 0.1) is 18.4 Å². The molecule has 0 aromatic heterocycles. The van der Waals surface area contributed by atoms with E-state index in [2.05, 4.69) is 27.9 Å². The van der Waals surface area contributed by atoms with Gasteiger partial charge in [-0.2, -0.15) is 0 Å². The van der Waals surface area contributed by atoms with E-state index in [4.69, 9.17) is 15.2 Å². The lowest BCUT2D eigenvalue weighted by Crippen LogP contribution is -2.21. The molecule has 0 saturated heterocycles. The van der Waals surface area contributed by atoms with Gasteiger partial charge in [0, 0.05) is 9.26 Å². The third kappa shape index (κ3) is 4.85. The monoisotopic (exact) mass is 426 g/mol. The number of methoxy groups -OCH3 is 1. The number of hydrogen-bond donors (Lipinski definition) is 2. The van der Waals surface area contributed by atoms with Crippen molar-refractivity contribution in [1.82, 2.24) is 0 Å². The molecule has 23 heavy (non-hydrogen) atoms. The van der Waals surface area contributed by atoms with Crippen molar-refractivity contribution in [3.63, 3.8) is 0 Å². The Balaban J connectivity index is 1.89. The first kappa shape index (κ1) is 17.1. The molecular formula is C16H15IN2O4. The van der Waals surface area contributed by atoms with Crippen LogP contribution in [0.15, 0.2) is 42.5 Å². The van der Waals surface area contributed by atoms with Crippen molar-refractivity contribution < 1.29 is 19.1 Å². The van der Waals surface area contributed by atoms with Crippen LogP contribution in [0.3, 0.4) is 0 Å². The lowest BCUT2D eigenvalue weighted by Gasteiger charge is -2.08. The minimum absolute atomic E-state index is 0.255. The van der Waals surface area contributed by atoms with Gasteiger partial charge in [0.15, 0.2) is 6.61 Å². The topological polar surface area (TPSA) is 90.6 Å². The Hall–Kier alpha value is -2.29. The molecule has 0 heterocycles. The quantitative estimate of drug-likeness (QED) is 0.436. The smallest absolute Gasteiger partial charge is 0.338 e. The minimum Gasteiger partial charge on any atom is -0.495 e. The molecule has 120 valence electrons. The molecule has 0 aliphatic heterocycles. The number of hydrogen-bond acceptors (Lipinski definition) is 5. The van der Waals surface area contributed by atoms with Crippen LogP contribution in [0.1, 0.15) is 10.4 Å². The number of nitrogen functional groups attached to an aromatic ring is 1. The number of rotatable bonds is 5. The van der Waals surface area contributed by atoms with Gasteiger partial charge in [-0.3, -0.25) is 4.79 Å². The second-order valence-corrected chi connectivity index (χ2v) is 5.83. The zero-order chi connectivity index (χ0) is 16.8. The summed E-state index contributed by atoms with van der Waals surface area (Å²) in [5, 5.41) is 2.64. The fourth-order valence-electron chi connectivity index (χ4n) is 1.81. The molecule has 1 amide bonds. The summed E-state index contributed by atoms with van der Waals surface area (Å²) in [7, 11) is 1.48. The molecule has 0 aliphatic carbocycles. The maximum absolute atomic E-state index is 11.9. The Bertz CT molecular complexity index is 717. The zero-order valence-electron chi connectivity index (χ0n) is 12.3. The van der Waals surface area contributed by atoms with E-state index < -0.39 is 11.9 Å². The number of esters is 1. The molecule has 0 fully saturated rings. The van der Waals surface area contributed by atoms with E-state index in [0.717, 1.165) is 3.57 Å². The summed E-state index contributed by atoms with van der Waals surface area (Å²) in [6.45, 7) is -0.378. The lowest BCUT2D eigenvalue weighted by atomic mass is 10.2. The molecular weight excluding hydrogens is 411 g/mol. The summed E-state index contributed by atoms with van der Waals surface area (Å²) in [4.78, 5) is 23.7. The van der Waals surface area contributed by atoms with Crippen molar-refractivity contribution in [2.45, 2.75) is 0 Å². The molecule has 0 bridgehead atoms. The molecule has 7 heteroatoms. The second kappa shape index (κ2) is 7.82. The van der Waals surface area contributed by atoms with Crippen LogP contribution in [0.4, 0.5) is 11.4 Å². The average molecular weight is 426 g/mol. The minimum atomic E-state index is -0.628. The number of halogens is 1. The number of carbonyl (C=O) groups is 2. The average Bonchev–Trinajstić information content (AvgIpc) is 2.54. The molecule has 2 aromatic carbocycles. The highest BCUT2D eigenvalue weighted by atomic mass is 127. The predicted molar refractivity (Wildman–Crippen MR) is 95.5 cm³/mol.